The Balaban J connectivity index is 2.01. The van der Waals surface area contributed by atoms with Crippen molar-refractivity contribution in [2.75, 3.05) is 4.90 Å². The molecule has 0 spiro atoms. The number of rotatable bonds is 12. The minimum absolute atomic E-state index is 0.0495. The van der Waals surface area contributed by atoms with Gasteiger partial charge in [-0.05, 0) is 94.0 Å². The van der Waals surface area contributed by atoms with Gasteiger partial charge in [0, 0.05) is 17.1 Å². The highest BCUT2D eigenvalue weighted by atomic mass is 15.1. The van der Waals surface area contributed by atoms with Crippen LogP contribution in [0.3, 0.4) is 0 Å². The first-order valence-electron chi connectivity index (χ1n) is 15.1. The third kappa shape index (κ3) is 6.98. The van der Waals surface area contributed by atoms with E-state index in [1.54, 1.807) is 0 Å². The molecule has 0 radical (unpaired) electrons. The minimum Gasteiger partial charge on any atom is -0.311 e. The summed E-state index contributed by atoms with van der Waals surface area (Å²) in [5, 5.41) is 0. The fourth-order valence-electron chi connectivity index (χ4n) is 5.01. The second kappa shape index (κ2) is 12.2. The highest BCUT2D eigenvalue weighted by Gasteiger charge is 2.34. The fourth-order valence-corrected chi connectivity index (χ4v) is 5.01. The monoisotopic (exact) mass is 535 g/mol. The topological polar surface area (TPSA) is 3.24 Å². The second-order valence-electron chi connectivity index (χ2n) is 13.9. The van der Waals surface area contributed by atoms with Crippen LogP contribution in [-0.2, 0) is 17.3 Å². The molecule has 0 bridgehead atoms. The number of benzene rings is 3. The molecule has 3 aromatic carbocycles. The fraction of sp³-hybridized carbons (Fsp3) is 0.436. The van der Waals surface area contributed by atoms with E-state index < -0.39 is 0 Å². The highest BCUT2D eigenvalue weighted by Crippen LogP contribution is 2.43. The first-order valence-corrected chi connectivity index (χ1v) is 15.1. The summed E-state index contributed by atoms with van der Waals surface area (Å²) >= 11 is 0. The molecular formula is C39H53N. The van der Waals surface area contributed by atoms with E-state index in [0.717, 1.165) is 19.3 Å². The van der Waals surface area contributed by atoms with Crippen LogP contribution in [0.2, 0.25) is 0 Å². The highest BCUT2D eigenvalue weighted by molar-refractivity contribution is 5.77. The lowest BCUT2D eigenvalue weighted by molar-refractivity contribution is 0.165. The Kier molecular flexibility index (Phi) is 9.61. The zero-order valence-electron chi connectivity index (χ0n) is 26.9. The van der Waals surface area contributed by atoms with Gasteiger partial charge in [0.05, 0.1) is 0 Å². The summed E-state index contributed by atoms with van der Waals surface area (Å²) in [6.45, 7) is 27.0. The van der Waals surface area contributed by atoms with Crippen LogP contribution in [0, 0.1) is 10.8 Å². The number of hydrogen-bond donors (Lipinski definition) is 0. The molecule has 1 nitrogen and oxygen atoms in total. The summed E-state index contributed by atoms with van der Waals surface area (Å²) in [7, 11) is 0. The molecule has 40 heavy (non-hydrogen) atoms. The molecule has 0 atom stereocenters. The molecule has 0 N–H and O–H groups in total. The van der Waals surface area contributed by atoms with Gasteiger partial charge in [-0.2, -0.15) is 0 Å². The smallest absolute Gasteiger partial charge is 0.0461 e. The summed E-state index contributed by atoms with van der Waals surface area (Å²) < 4.78 is 0. The van der Waals surface area contributed by atoms with Crippen molar-refractivity contribution in [1.29, 1.82) is 0 Å². The first-order chi connectivity index (χ1) is 18.7. The van der Waals surface area contributed by atoms with Crippen LogP contribution in [0.4, 0.5) is 17.1 Å². The lowest BCUT2D eigenvalue weighted by Gasteiger charge is -2.40. The molecule has 0 fully saturated rings. The van der Waals surface area contributed by atoms with Crippen molar-refractivity contribution >= 4 is 17.1 Å². The van der Waals surface area contributed by atoms with Crippen molar-refractivity contribution in [2.24, 2.45) is 10.8 Å². The summed E-state index contributed by atoms with van der Waals surface area (Å²) in [5.74, 6) is 0. The molecule has 0 saturated carbocycles. The lowest BCUT2D eigenvalue weighted by atomic mass is 9.65. The van der Waals surface area contributed by atoms with E-state index in [-0.39, 0.29) is 21.7 Å². The predicted molar refractivity (Wildman–Crippen MR) is 178 cm³/mol. The molecule has 3 rings (SSSR count). The molecule has 214 valence electrons. The molecule has 0 aliphatic rings. The Morgan fingerprint density at radius 2 is 0.975 bits per heavy atom. The van der Waals surface area contributed by atoms with Crippen LogP contribution < -0.4 is 4.90 Å². The van der Waals surface area contributed by atoms with E-state index in [2.05, 4.69) is 166 Å². The summed E-state index contributed by atoms with van der Waals surface area (Å²) in [6, 6.07) is 27.5. The standard InChI is InChI=1S/C39H53N/c1-12-15-28-38(8,9)39(10,11)29-30-16-22-33(23-17-30)40(34-24-18-31(19-25-34)36(4,5)13-2)35-26-20-32(21-27-35)37(6,7)14-3/h12,15-28H,1,13-14,29H2,2-11H3/b28-15+. The van der Waals surface area contributed by atoms with Crippen LogP contribution in [0.25, 0.3) is 0 Å². The van der Waals surface area contributed by atoms with Crippen molar-refractivity contribution in [1.82, 2.24) is 0 Å². The van der Waals surface area contributed by atoms with Crippen molar-refractivity contribution < 1.29 is 0 Å². The Morgan fingerprint density at radius 1 is 0.600 bits per heavy atom. The average molecular weight is 536 g/mol. The van der Waals surface area contributed by atoms with Crippen molar-refractivity contribution in [3.05, 3.63) is 114 Å². The molecule has 1 heteroatoms. The predicted octanol–water partition coefficient (Wildman–Crippen LogP) is 11.9. The van der Waals surface area contributed by atoms with Crippen LogP contribution >= 0.6 is 0 Å². The van der Waals surface area contributed by atoms with Gasteiger partial charge in [0.1, 0.15) is 0 Å². The maximum atomic E-state index is 3.86. The van der Waals surface area contributed by atoms with Gasteiger partial charge in [-0.25, -0.2) is 0 Å². The number of allylic oxidation sites excluding steroid dienone is 3. The third-order valence-corrected chi connectivity index (χ3v) is 9.82. The Bertz CT molecular complexity index is 1210. The summed E-state index contributed by atoms with van der Waals surface area (Å²) in [5.41, 5.74) is 8.13. The molecule has 0 saturated heterocycles. The molecule has 0 aromatic heterocycles. The van der Waals surface area contributed by atoms with Crippen LogP contribution in [0.5, 0.6) is 0 Å². The molecule has 0 heterocycles. The first kappa shape index (κ1) is 31.5. The normalized spacial score (nSPS) is 13.1. The average Bonchev–Trinajstić information content (AvgIpc) is 2.93. The van der Waals surface area contributed by atoms with Crippen molar-refractivity contribution in [2.45, 2.75) is 99.3 Å². The van der Waals surface area contributed by atoms with Gasteiger partial charge in [-0.1, -0.05) is 130 Å². The largest absolute Gasteiger partial charge is 0.311 e. The molecule has 0 aliphatic carbocycles. The van der Waals surface area contributed by atoms with Gasteiger partial charge in [-0.3, -0.25) is 0 Å². The third-order valence-electron chi connectivity index (χ3n) is 9.82. The van der Waals surface area contributed by atoms with E-state index >= 15 is 0 Å². The van der Waals surface area contributed by atoms with Crippen LogP contribution in [0.1, 0.15) is 98.8 Å². The molecule has 0 amide bonds. The molecule has 3 aromatic rings. The number of nitrogens with zero attached hydrogens (tertiary/aromatic N) is 1. The Labute approximate surface area is 246 Å². The molecule has 0 aliphatic heterocycles. The van der Waals surface area contributed by atoms with Gasteiger partial charge in [0.25, 0.3) is 0 Å². The van der Waals surface area contributed by atoms with E-state index in [1.807, 2.05) is 6.08 Å². The summed E-state index contributed by atoms with van der Waals surface area (Å²) in [6.07, 6.45) is 9.45. The van der Waals surface area contributed by atoms with E-state index in [4.69, 9.17) is 0 Å². The Morgan fingerprint density at radius 3 is 1.32 bits per heavy atom. The van der Waals surface area contributed by atoms with E-state index in [1.165, 1.54) is 33.8 Å². The van der Waals surface area contributed by atoms with Crippen LogP contribution in [-0.4, -0.2) is 0 Å². The molecule has 0 unspecified atom stereocenters. The minimum atomic E-state index is 0.0495. The van der Waals surface area contributed by atoms with Gasteiger partial charge in [0.15, 0.2) is 0 Å². The quantitative estimate of drug-likeness (QED) is 0.208. The second-order valence-corrected chi connectivity index (χ2v) is 13.9. The van der Waals surface area contributed by atoms with Crippen molar-refractivity contribution in [3.63, 3.8) is 0 Å². The summed E-state index contributed by atoms with van der Waals surface area (Å²) in [4.78, 5) is 2.39. The zero-order chi connectivity index (χ0) is 29.8. The van der Waals surface area contributed by atoms with E-state index in [0.29, 0.717) is 0 Å². The molecular weight excluding hydrogens is 482 g/mol. The SMILES string of the molecule is C=C/C=C/C(C)(C)C(C)(C)Cc1ccc(N(c2ccc(C(C)(C)CC)cc2)c2ccc(C(C)(C)CC)cc2)cc1. The lowest BCUT2D eigenvalue weighted by Crippen LogP contribution is -2.32. The van der Waals surface area contributed by atoms with Gasteiger partial charge >= 0.3 is 0 Å². The van der Waals surface area contributed by atoms with Gasteiger partial charge in [-0.15, -0.1) is 0 Å². The maximum Gasteiger partial charge on any atom is 0.0461 e. The van der Waals surface area contributed by atoms with Gasteiger partial charge < -0.3 is 4.90 Å². The number of hydrogen-bond acceptors (Lipinski definition) is 1. The zero-order valence-corrected chi connectivity index (χ0v) is 26.9. The van der Waals surface area contributed by atoms with Crippen molar-refractivity contribution in [3.8, 4) is 0 Å². The van der Waals surface area contributed by atoms with Crippen LogP contribution in [0.15, 0.2) is 97.6 Å². The van der Waals surface area contributed by atoms with E-state index in [9.17, 15) is 0 Å². The maximum absolute atomic E-state index is 3.86. The Hall–Kier alpha value is -3.06. The van der Waals surface area contributed by atoms with Gasteiger partial charge in [0.2, 0.25) is 0 Å². The number of anilines is 3.